The number of ether oxygens (including phenoxy) is 1. The van der Waals surface area contributed by atoms with Gasteiger partial charge in [0.15, 0.2) is 17.3 Å². The molecule has 88 valence electrons. The first-order valence-electron chi connectivity index (χ1n) is 4.64. The molecule has 0 saturated carbocycles. The van der Waals surface area contributed by atoms with Crippen LogP contribution in [0, 0.1) is 0 Å². The molecule has 1 N–H and O–H groups in total. The largest absolute Gasteiger partial charge is 0.505 e. The summed E-state index contributed by atoms with van der Waals surface area (Å²) in [6, 6.07) is 2.96. The summed E-state index contributed by atoms with van der Waals surface area (Å²) in [6.07, 6.45) is 1.48. The molecule has 0 spiro atoms. The number of hydrogen-bond acceptors (Lipinski definition) is 4. The molecule has 0 fully saturated rings. The third-order valence-corrected chi connectivity index (χ3v) is 2.65. The predicted octanol–water partition coefficient (Wildman–Crippen LogP) is 3.02. The van der Waals surface area contributed by atoms with E-state index in [-0.39, 0.29) is 27.4 Å². The van der Waals surface area contributed by atoms with Crippen LogP contribution >= 0.6 is 23.2 Å². The molecular formula is C11H7Cl2NO3. The van der Waals surface area contributed by atoms with E-state index in [1.165, 1.54) is 18.2 Å². The van der Waals surface area contributed by atoms with E-state index < -0.39 is 5.97 Å². The van der Waals surface area contributed by atoms with Crippen LogP contribution in [0.4, 0.5) is 0 Å². The third-order valence-electron chi connectivity index (χ3n) is 2.07. The number of esters is 1. The number of aliphatic imine (C=N–C) groups is 1. The minimum absolute atomic E-state index is 0.108. The van der Waals surface area contributed by atoms with Crippen molar-refractivity contribution >= 4 is 41.1 Å². The summed E-state index contributed by atoms with van der Waals surface area (Å²) in [5.41, 5.74) is 0.725. The number of carbonyl (C=O) groups excluding carboxylic acids is 1. The molecule has 1 aliphatic rings. The highest BCUT2D eigenvalue weighted by atomic mass is 35.5. The fourth-order valence-corrected chi connectivity index (χ4v) is 1.85. The van der Waals surface area contributed by atoms with E-state index in [1.54, 1.807) is 6.92 Å². The van der Waals surface area contributed by atoms with Gasteiger partial charge in [-0.3, -0.25) is 0 Å². The number of phenolic OH excluding ortho intramolecular Hbond substituents is 1. The van der Waals surface area contributed by atoms with Crippen LogP contribution in [-0.4, -0.2) is 17.0 Å². The monoisotopic (exact) mass is 271 g/mol. The molecule has 0 radical (unpaired) electrons. The van der Waals surface area contributed by atoms with Crippen LogP contribution in [0.25, 0.3) is 6.08 Å². The zero-order valence-electron chi connectivity index (χ0n) is 8.70. The normalized spacial score (nSPS) is 17.2. The van der Waals surface area contributed by atoms with Gasteiger partial charge in [0.1, 0.15) is 0 Å². The van der Waals surface area contributed by atoms with Gasteiger partial charge < -0.3 is 9.84 Å². The van der Waals surface area contributed by atoms with Crippen molar-refractivity contribution in [1.82, 2.24) is 0 Å². The number of cyclic esters (lactones) is 1. The van der Waals surface area contributed by atoms with Crippen LogP contribution in [0.3, 0.4) is 0 Å². The number of rotatable bonds is 1. The van der Waals surface area contributed by atoms with Gasteiger partial charge in [-0.15, -0.1) is 0 Å². The molecule has 0 bridgehead atoms. The summed E-state index contributed by atoms with van der Waals surface area (Å²) >= 11 is 11.5. The van der Waals surface area contributed by atoms with Crippen LogP contribution in [0.5, 0.6) is 5.75 Å². The number of hydrogen-bond donors (Lipinski definition) is 1. The number of benzene rings is 1. The lowest BCUT2D eigenvalue weighted by Gasteiger charge is -2.01. The van der Waals surface area contributed by atoms with Gasteiger partial charge in [0, 0.05) is 6.92 Å². The van der Waals surface area contributed by atoms with Gasteiger partial charge in [0.05, 0.1) is 10.0 Å². The Hall–Kier alpha value is -1.52. The second kappa shape index (κ2) is 4.39. The minimum Gasteiger partial charge on any atom is -0.505 e. The quantitative estimate of drug-likeness (QED) is 0.631. The SMILES string of the molecule is CC1=NC(=Cc2cc(Cl)c(O)c(Cl)c2)C(=O)O1. The maximum atomic E-state index is 11.3. The van der Waals surface area contributed by atoms with Crippen LogP contribution in [0.15, 0.2) is 22.8 Å². The van der Waals surface area contributed by atoms with Crippen molar-refractivity contribution in [2.45, 2.75) is 6.92 Å². The van der Waals surface area contributed by atoms with Crippen molar-refractivity contribution in [2.24, 2.45) is 4.99 Å². The summed E-state index contributed by atoms with van der Waals surface area (Å²) in [5.74, 6) is -0.427. The fourth-order valence-electron chi connectivity index (χ4n) is 1.34. The van der Waals surface area contributed by atoms with E-state index in [2.05, 4.69) is 4.99 Å². The van der Waals surface area contributed by atoms with Crippen LogP contribution < -0.4 is 0 Å². The van der Waals surface area contributed by atoms with E-state index in [9.17, 15) is 9.90 Å². The van der Waals surface area contributed by atoms with Crippen LogP contribution in [-0.2, 0) is 9.53 Å². The van der Waals surface area contributed by atoms with Crippen molar-refractivity contribution in [2.75, 3.05) is 0 Å². The summed E-state index contributed by atoms with van der Waals surface area (Å²) in [6.45, 7) is 1.58. The van der Waals surface area contributed by atoms with Crippen molar-refractivity contribution in [3.63, 3.8) is 0 Å². The Balaban J connectivity index is 2.43. The van der Waals surface area contributed by atoms with Crippen molar-refractivity contribution < 1.29 is 14.6 Å². The molecule has 2 rings (SSSR count). The van der Waals surface area contributed by atoms with Crippen LogP contribution in [0.2, 0.25) is 10.0 Å². The van der Waals surface area contributed by atoms with Gasteiger partial charge >= 0.3 is 5.97 Å². The first kappa shape index (κ1) is 12.0. The Morgan fingerprint density at radius 2 is 1.94 bits per heavy atom. The first-order valence-corrected chi connectivity index (χ1v) is 5.40. The topological polar surface area (TPSA) is 58.9 Å². The Morgan fingerprint density at radius 3 is 2.41 bits per heavy atom. The lowest BCUT2D eigenvalue weighted by atomic mass is 10.2. The molecule has 1 aromatic carbocycles. The molecule has 0 aromatic heterocycles. The molecule has 0 aliphatic carbocycles. The molecule has 4 nitrogen and oxygen atoms in total. The number of carbonyl (C=O) groups is 1. The zero-order chi connectivity index (χ0) is 12.6. The highest BCUT2D eigenvalue weighted by Crippen LogP contribution is 2.33. The van der Waals surface area contributed by atoms with E-state index in [0.29, 0.717) is 5.56 Å². The third kappa shape index (κ3) is 2.43. The average Bonchev–Trinajstić information content (AvgIpc) is 2.54. The maximum absolute atomic E-state index is 11.3. The van der Waals surface area contributed by atoms with Crippen molar-refractivity contribution in [3.05, 3.63) is 33.4 Å². The van der Waals surface area contributed by atoms with Crippen LogP contribution in [0.1, 0.15) is 12.5 Å². The number of nitrogens with zero attached hydrogens (tertiary/aromatic N) is 1. The summed E-state index contributed by atoms with van der Waals surface area (Å²) in [4.78, 5) is 15.2. The molecule has 6 heteroatoms. The Labute approximate surface area is 107 Å². The van der Waals surface area contributed by atoms with Gasteiger partial charge in [-0.1, -0.05) is 23.2 Å². The van der Waals surface area contributed by atoms with E-state index in [1.807, 2.05) is 0 Å². The second-order valence-corrected chi connectivity index (χ2v) is 4.20. The smallest absolute Gasteiger partial charge is 0.363 e. The number of halogens is 2. The highest BCUT2D eigenvalue weighted by molar-refractivity contribution is 6.37. The van der Waals surface area contributed by atoms with E-state index in [0.717, 1.165) is 0 Å². The molecule has 0 unspecified atom stereocenters. The average molecular weight is 272 g/mol. The predicted molar refractivity (Wildman–Crippen MR) is 65.3 cm³/mol. The molecular weight excluding hydrogens is 265 g/mol. The minimum atomic E-state index is -0.525. The summed E-state index contributed by atoms with van der Waals surface area (Å²) in [7, 11) is 0. The Morgan fingerprint density at radius 1 is 1.35 bits per heavy atom. The van der Waals surface area contributed by atoms with Crippen molar-refractivity contribution in [3.8, 4) is 5.75 Å². The molecule has 0 amide bonds. The lowest BCUT2D eigenvalue weighted by molar-refractivity contribution is -0.130. The summed E-state index contributed by atoms with van der Waals surface area (Å²) in [5, 5.41) is 9.60. The fraction of sp³-hybridized carbons (Fsp3) is 0.0909. The molecule has 0 atom stereocenters. The molecule has 0 saturated heterocycles. The molecule has 1 aromatic rings. The van der Waals surface area contributed by atoms with E-state index in [4.69, 9.17) is 27.9 Å². The Kier molecular flexibility index (Phi) is 3.09. The molecule has 1 heterocycles. The number of phenols is 1. The van der Waals surface area contributed by atoms with Gasteiger partial charge in [-0.2, -0.15) is 0 Å². The van der Waals surface area contributed by atoms with Gasteiger partial charge in [0.2, 0.25) is 0 Å². The van der Waals surface area contributed by atoms with Gasteiger partial charge in [-0.05, 0) is 23.8 Å². The Bertz CT molecular complexity index is 541. The number of aromatic hydroxyl groups is 1. The van der Waals surface area contributed by atoms with Gasteiger partial charge in [-0.25, -0.2) is 9.79 Å². The highest BCUT2D eigenvalue weighted by Gasteiger charge is 2.19. The van der Waals surface area contributed by atoms with Gasteiger partial charge in [0.25, 0.3) is 0 Å². The standard InChI is InChI=1S/C11H7Cl2NO3/c1-5-14-9(11(16)17-5)4-6-2-7(12)10(15)8(13)3-6/h2-4,15H,1H3. The molecule has 1 aliphatic heterocycles. The van der Waals surface area contributed by atoms with E-state index >= 15 is 0 Å². The first-order chi connectivity index (χ1) is 7.97. The summed E-state index contributed by atoms with van der Waals surface area (Å²) < 4.78 is 4.76. The lowest BCUT2D eigenvalue weighted by Crippen LogP contribution is -1.99. The second-order valence-electron chi connectivity index (χ2n) is 3.38. The molecule has 17 heavy (non-hydrogen) atoms. The maximum Gasteiger partial charge on any atom is 0.363 e. The zero-order valence-corrected chi connectivity index (χ0v) is 10.2. The van der Waals surface area contributed by atoms with Crippen molar-refractivity contribution in [1.29, 1.82) is 0 Å².